The van der Waals surface area contributed by atoms with Gasteiger partial charge in [0.05, 0.1) is 5.02 Å². The van der Waals surface area contributed by atoms with Gasteiger partial charge in [-0.25, -0.2) is 4.98 Å². The van der Waals surface area contributed by atoms with E-state index in [-0.39, 0.29) is 0 Å². The fraction of sp³-hybridized carbons (Fsp3) is 0.235. The first-order valence-electron chi connectivity index (χ1n) is 6.55. The van der Waals surface area contributed by atoms with Crippen LogP contribution in [0.5, 0.6) is 11.6 Å². The monoisotopic (exact) mass is 301 g/mol. The third-order valence-corrected chi connectivity index (χ3v) is 3.14. The maximum absolute atomic E-state index is 6.17. The van der Waals surface area contributed by atoms with E-state index in [0.717, 1.165) is 16.7 Å². The van der Waals surface area contributed by atoms with Crippen molar-refractivity contribution in [1.82, 2.24) is 4.98 Å². The molecule has 0 bridgehead atoms. The van der Waals surface area contributed by atoms with Crippen molar-refractivity contribution in [2.24, 2.45) is 0 Å². The summed E-state index contributed by atoms with van der Waals surface area (Å²) in [6, 6.07) is 7.43. The van der Waals surface area contributed by atoms with E-state index in [1.165, 1.54) is 0 Å². The first-order valence-corrected chi connectivity index (χ1v) is 6.93. The average Bonchev–Trinajstić information content (AvgIpc) is 2.46. The lowest BCUT2D eigenvalue weighted by atomic mass is 10.1. The molecule has 0 aliphatic heterocycles. The molecule has 0 spiro atoms. The van der Waals surface area contributed by atoms with Crippen LogP contribution in [0, 0.1) is 26.2 Å². The second-order valence-electron chi connectivity index (χ2n) is 4.62. The Labute approximate surface area is 129 Å². The zero-order valence-corrected chi connectivity index (χ0v) is 12.8. The van der Waals surface area contributed by atoms with Crippen LogP contribution in [0.1, 0.15) is 16.7 Å². The molecule has 0 saturated carbocycles. The number of ether oxygens (including phenoxy) is 2. The number of hydrogen-bond acceptors (Lipinski definition) is 3. The summed E-state index contributed by atoms with van der Waals surface area (Å²) < 4.78 is 11.2. The Kier molecular flexibility index (Phi) is 5.08. The highest BCUT2D eigenvalue weighted by molar-refractivity contribution is 6.32. The van der Waals surface area contributed by atoms with Crippen LogP contribution in [0.15, 0.2) is 30.5 Å². The summed E-state index contributed by atoms with van der Waals surface area (Å²) in [7, 11) is 0. The SMILES string of the molecule is C#Cc1ccc(OCCOc2c(C)cc(C)cc2Cl)nc1. The van der Waals surface area contributed by atoms with Gasteiger partial charge >= 0.3 is 0 Å². The van der Waals surface area contributed by atoms with Gasteiger partial charge in [0, 0.05) is 17.8 Å². The summed E-state index contributed by atoms with van der Waals surface area (Å²) in [4.78, 5) is 4.09. The van der Waals surface area contributed by atoms with Gasteiger partial charge in [-0.15, -0.1) is 6.42 Å². The maximum Gasteiger partial charge on any atom is 0.213 e. The smallest absolute Gasteiger partial charge is 0.213 e. The van der Waals surface area contributed by atoms with Crippen LogP contribution in [0.25, 0.3) is 0 Å². The molecule has 3 nitrogen and oxygen atoms in total. The first kappa shape index (κ1) is 15.2. The lowest BCUT2D eigenvalue weighted by Crippen LogP contribution is -2.10. The van der Waals surface area contributed by atoms with Crippen molar-refractivity contribution in [3.63, 3.8) is 0 Å². The van der Waals surface area contributed by atoms with Gasteiger partial charge in [0.1, 0.15) is 19.0 Å². The van der Waals surface area contributed by atoms with Crippen molar-refractivity contribution in [3.8, 4) is 24.0 Å². The molecule has 1 aromatic heterocycles. The van der Waals surface area contributed by atoms with Crippen LogP contribution in [0.4, 0.5) is 0 Å². The normalized spacial score (nSPS) is 10.0. The zero-order chi connectivity index (χ0) is 15.2. The Hall–Kier alpha value is -2.18. The molecule has 108 valence electrons. The van der Waals surface area contributed by atoms with Crippen LogP contribution < -0.4 is 9.47 Å². The maximum atomic E-state index is 6.17. The van der Waals surface area contributed by atoms with Gasteiger partial charge in [0.2, 0.25) is 5.88 Å². The van der Waals surface area contributed by atoms with Crippen molar-refractivity contribution in [3.05, 3.63) is 52.2 Å². The molecule has 21 heavy (non-hydrogen) atoms. The Morgan fingerprint density at radius 2 is 1.95 bits per heavy atom. The molecule has 0 aliphatic rings. The van der Waals surface area contributed by atoms with Crippen LogP contribution in [0.2, 0.25) is 5.02 Å². The van der Waals surface area contributed by atoms with Crippen LogP contribution in [-0.4, -0.2) is 18.2 Å². The Morgan fingerprint density at radius 1 is 1.19 bits per heavy atom. The van der Waals surface area contributed by atoms with Gasteiger partial charge in [-0.3, -0.25) is 0 Å². The minimum absolute atomic E-state index is 0.381. The van der Waals surface area contributed by atoms with E-state index in [0.29, 0.717) is 29.9 Å². The molecule has 0 atom stereocenters. The molecular weight excluding hydrogens is 286 g/mol. The molecule has 0 N–H and O–H groups in total. The molecule has 4 heteroatoms. The molecule has 0 aliphatic carbocycles. The summed E-state index contributed by atoms with van der Waals surface area (Å²) >= 11 is 6.17. The second-order valence-corrected chi connectivity index (χ2v) is 5.03. The fourth-order valence-electron chi connectivity index (χ4n) is 1.93. The van der Waals surface area contributed by atoms with Gasteiger partial charge < -0.3 is 9.47 Å². The molecule has 1 aromatic carbocycles. The van der Waals surface area contributed by atoms with Crippen LogP contribution in [-0.2, 0) is 0 Å². The van der Waals surface area contributed by atoms with Crippen molar-refractivity contribution in [2.75, 3.05) is 13.2 Å². The fourth-order valence-corrected chi connectivity index (χ4v) is 2.30. The number of pyridine rings is 1. The number of nitrogens with zero attached hydrogens (tertiary/aromatic N) is 1. The zero-order valence-electron chi connectivity index (χ0n) is 12.0. The summed E-state index contributed by atoms with van der Waals surface area (Å²) in [5, 5.41) is 0.615. The third-order valence-electron chi connectivity index (χ3n) is 2.86. The lowest BCUT2D eigenvalue weighted by Gasteiger charge is -2.12. The highest BCUT2D eigenvalue weighted by Gasteiger charge is 2.06. The molecule has 0 saturated heterocycles. The van der Waals surface area contributed by atoms with Gasteiger partial charge in [-0.05, 0) is 37.1 Å². The quantitative estimate of drug-likeness (QED) is 0.622. The van der Waals surface area contributed by atoms with Crippen LogP contribution in [0.3, 0.4) is 0 Å². The molecular formula is C17H16ClNO2. The number of aryl methyl sites for hydroxylation is 2. The summed E-state index contributed by atoms with van der Waals surface area (Å²) in [6.45, 7) is 4.74. The number of halogens is 1. The number of rotatable bonds is 5. The van der Waals surface area contributed by atoms with Crippen LogP contribution >= 0.6 is 11.6 Å². The van der Waals surface area contributed by atoms with E-state index in [4.69, 9.17) is 27.5 Å². The summed E-state index contributed by atoms with van der Waals surface area (Å²) in [5.41, 5.74) is 2.84. The van der Waals surface area contributed by atoms with Crippen molar-refractivity contribution < 1.29 is 9.47 Å². The highest BCUT2D eigenvalue weighted by Crippen LogP contribution is 2.29. The number of hydrogen-bond donors (Lipinski definition) is 0. The van der Waals surface area contributed by atoms with Gasteiger partial charge in [0.15, 0.2) is 0 Å². The van der Waals surface area contributed by atoms with Gasteiger partial charge in [-0.2, -0.15) is 0 Å². The summed E-state index contributed by atoms with van der Waals surface area (Å²) in [6.07, 6.45) is 6.86. The molecule has 0 radical (unpaired) electrons. The first-order chi connectivity index (χ1) is 10.1. The van der Waals surface area contributed by atoms with Gasteiger partial charge in [0.25, 0.3) is 0 Å². The largest absolute Gasteiger partial charge is 0.488 e. The third kappa shape index (κ3) is 4.14. The standard InChI is InChI=1S/C17H16ClNO2/c1-4-14-5-6-16(19-11-14)20-7-8-21-17-13(3)9-12(2)10-15(17)18/h1,5-6,9-11H,7-8H2,2-3H3. The van der Waals surface area contributed by atoms with Crippen molar-refractivity contribution >= 4 is 11.6 Å². The highest BCUT2D eigenvalue weighted by atomic mass is 35.5. The van der Waals surface area contributed by atoms with E-state index >= 15 is 0 Å². The van der Waals surface area contributed by atoms with E-state index in [1.807, 2.05) is 26.0 Å². The second kappa shape index (κ2) is 7.01. The molecule has 2 aromatic rings. The summed E-state index contributed by atoms with van der Waals surface area (Å²) in [5.74, 6) is 3.72. The molecule has 0 amide bonds. The van der Waals surface area contributed by atoms with E-state index in [9.17, 15) is 0 Å². The van der Waals surface area contributed by atoms with E-state index in [2.05, 4.69) is 10.9 Å². The predicted molar refractivity (Wildman–Crippen MR) is 84.1 cm³/mol. The Bertz CT molecular complexity index is 636. The minimum Gasteiger partial charge on any atom is -0.488 e. The number of aromatic nitrogens is 1. The molecule has 1 heterocycles. The molecule has 0 unspecified atom stereocenters. The number of benzene rings is 1. The predicted octanol–water partition coefficient (Wildman–Crippen LogP) is 3.79. The average molecular weight is 302 g/mol. The van der Waals surface area contributed by atoms with Crippen molar-refractivity contribution in [2.45, 2.75) is 13.8 Å². The van der Waals surface area contributed by atoms with Crippen molar-refractivity contribution in [1.29, 1.82) is 0 Å². The topological polar surface area (TPSA) is 31.4 Å². The lowest BCUT2D eigenvalue weighted by molar-refractivity contribution is 0.211. The number of terminal acetylenes is 1. The van der Waals surface area contributed by atoms with E-state index < -0.39 is 0 Å². The minimum atomic E-state index is 0.381. The Morgan fingerprint density at radius 3 is 2.57 bits per heavy atom. The van der Waals surface area contributed by atoms with E-state index in [1.54, 1.807) is 18.3 Å². The van der Waals surface area contributed by atoms with Gasteiger partial charge in [-0.1, -0.05) is 23.6 Å². The molecule has 2 rings (SSSR count). The molecule has 0 fully saturated rings. The Balaban J connectivity index is 1.86.